The van der Waals surface area contributed by atoms with E-state index in [9.17, 15) is 9.59 Å². The fourth-order valence-corrected chi connectivity index (χ4v) is 6.51. The fraction of sp³-hybridized carbons (Fsp3) is 0.583. The van der Waals surface area contributed by atoms with Gasteiger partial charge in [-0.1, -0.05) is 25.9 Å². The lowest BCUT2D eigenvalue weighted by Gasteiger charge is -2.39. The van der Waals surface area contributed by atoms with Gasteiger partial charge >= 0.3 is 5.97 Å². The Kier molecular flexibility index (Phi) is 6.09. The van der Waals surface area contributed by atoms with E-state index in [-0.39, 0.29) is 29.4 Å². The van der Waals surface area contributed by atoms with Crippen LogP contribution in [-0.4, -0.2) is 34.7 Å². The quantitative estimate of drug-likeness (QED) is 0.484. The molecule has 8 heteroatoms. The normalized spacial score (nSPS) is 25.7. The average molecular weight is 458 g/mol. The van der Waals surface area contributed by atoms with Gasteiger partial charge in [-0.3, -0.25) is 4.79 Å². The van der Waals surface area contributed by atoms with Crippen LogP contribution in [0.1, 0.15) is 67.4 Å². The van der Waals surface area contributed by atoms with Crippen molar-refractivity contribution in [2.75, 3.05) is 6.61 Å². The fourth-order valence-electron chi connectivity index (χ4n) is 5.38. The van der Waals surface area contributed by atoms with Gasteiger partial charge in [-0.25, -0.2) is 9.78 Å². The van der Waals surface area contributed by atoms with Gasteiger partial charge in [-0.2, -0.15) is 0 Å². The van der Waals surface area contributed by atoms with Crippen molar-refractivity contribution in [3.8, 4) is 0 Å². The van der Waals surface area contributed by atoms with Crippen molar-refractivity contribution in [2.24, 2.45) is 16.7 Å². The molecule has 1 N–H and O–H groups in total. The number of fused-ring (bicyclic) bond motifs is 2. The molecular weight excluding hydrogens is 426 g/mol. The molecule has 0 radical (unpaired) electrons. The highest BCUT2D eigenvalue weighted by molar-refractivity contribution is 7.98. The predicted octanol–water partition coefficient (Wildman–Crippen LogP) is 4.47. The highest BCUT2D eigenvalue weighted by Gasteiger charge is 2.61. The maximum absolute atomic E-state index is 12.7. The van der Waals surface area contributed by atoms with Crippen molar-refractivity contribution in [1.82, 2.24) is 15.5 Å². The summed E-state index contributed by atoms with van der Waals surface area (Å²) in [5, 5.41) is 7.65. The third kappa shape index (κ3) is 3.93. The van der Waals surface area contributed by atoms with Crippen LogP contribution in [0.2, 0.25) is 0 Å². The first kappa shape index (κ1) is 22.8. The Morgan fingerprint density at radius 1 is 1.31 bits per heavy atom. The molecule has 2 aliphatic rings. The number of ether oxygens (including phenoxy) is 1. The zero-order valence-corrected chi connectivity index (χ0v) is 20.2. The molecule has 1 amide bonds. The van der Waals surface area contributed by atoms with Crippen molar-refractivity contribution in [2.45, 2.75) is 70.7 Å². The van der Waals surface area contributed by atoms with Crippen LogP contribution >= 0.6 is 11.8 Å². The Labute approximate surface area is 193 Å². The number of carbonyl (C=O) groups excluding carboxylic acids is 2. The van der Waals surface area contributed by atoms with E-state index >= 15 is 0 Å². The number of thioether (sulfide) groups is 1. The minimum absolute atomic E-state index is 0.0860. The maximum atomic E-state index is 12.7. The number of nitrogens with zero attached hydrogens (tertiary/aromatic N) is 2. The van der Waals surface area contributed by atoms with E-state index in [2.05, 4.69) is 36.2 Å². The third-order valence-electron chi connectivity index (χ3n) is 7.99. The summed E-state index contributed by atoms with van der Waals surface area (Å²) in [6, 6.07) is 3.49. The Morgan fingerprint density at radius 3 is 2.72 bits per heavy atom. The van der Waals surface area contributed by atoms with Gasteiger partial charge in [0.1, 0.15) is 10.8 Å². The van der Waals surface area contributed by atoms with E-state index in [0.29, 0.717) is 22.3 Å². The minimum atomic E-state index is -0.547. The molecular formula is C24H31N3O4S. The van der Waals surface area contributed by atoms with Crippen LogP contribution in [-0.2, 0) is 15.3 Å². The zero-order chi connectivity index (χ0) is 23.1. The summed E-state index contributed by atoms with van der Waals surface area (Å²) in [4.78, 5) is 29.6. The van der Waals surface area contributed by atoms with Crippen LogP contribution in [0.5, 0.6) is 0 Å². The SMILES string of the molecule is Cc1noc(C)c1CSc1ncccc1C(=O)OCC(=O)NC1CC2CCC1(C)C2(C)C. The topological polar surface area (TPSA) is 94.3 Å². The molecule has 2 aliphatic carbocycles. The Hall–Kier alpha value is -2.35. The number of rotatable bonds is 7. The van der Waals surface area contributed by atoms with Crippen LogP contribution in [0.4, 0.5) is 0 Å². The van der Waals surface area contributed by atoms with E-state index in [0.717, 1.165) is 29.9 Å². The molecule has 2 aromatic rings. The molecule has 0 spiro atoms. The molecule has 0 aromatic carbocycles. The first-order valence-corrected chi connectivity index (χ1v) is 12.1. The molecule has 3 atom stereocenters. The third-order valence-corrected chi connectivity index (χ3v) is 9.02. The number of nitrogens with one attached hydrogen (secondary N) is 1. The largest absolute Gasteiger partial charge is 0.452 e. The monoisotopic (exact) mass is 457 g/mol. The molecule has 2 saturated carbocycles. The van der Waals surface area contributed by atoms with E-state index < -0.39 is 5.97 Å². The van der Waals surface area contributed by atoms with Gasteiger partial charge in [-0.15, -0.1) is 11.8 Å². The summed E-state index contributed by atoms with van der Waals surface area (Å²) in [6.07, 6.45) is 4.97. The van der Waals surface area contributed by atoms with Gasteiger partial charge in [0, 0.05) is 23.6 Å². The van der Waals surface area contributed by atoms with Crippen LogP contribution < -0.4 is 5.32 Å². The van der Waals surface area contributed by atoms with Crippen LogP contribution in [0.15, 0.2) is 27.9 Å². The lowest BCUT2D eigenvalue weighted by atomic mass is 9.69. The number of aryl methyl sites for hydroxylation is 2. The number of esters is 1. The van der Waals surface area contributed by atoms with Crippen molar-refractivity contribution >= 4 is 23.6 Å². The molecule has 2 heterocycles. The van der Waals surface area contributed by atoms with Crippen LogP contribution in [0, 0.1) is 30.6 Å². The molecule has 2 aromatic heterocycles. The predicted molar refractivity (Wildman–Crippen MR) is 121 cm³/mol. The number of hydrogen-bond donors (Lipinski definition) is 1. The lowest BCUT2D eigenvalue weighted by Crippen LogP contribution is -2.48. The number of pyridine rings is 1. The zero-order valence-electron chi connectivity index (χ0n) is 19.4. The van der Waals surface area contributed by atoms with Gasteiger partial charge in [0.15, 0.2) is 6.61 Å². The Morgan fingerprint density at radius 2 is 2.09 bits per heavy atom. The second kappa shape index (κ2) is 8.54. The highest BCUT2D eigenvalue weighted by Crippen LogP contribution is 2.65. The summed E-state index contributed by atoms with van der Waals surface area (Å²) in [5.74, 6) is 1.17. The van der Waals surface area contributed by atoms with E-state index in [1.54, 1.807) is 18.3 Å². The molecule has 4 rings (SSSR count). The first-order chi connectivity index (χ1) is 15.1. The highest BCUT2D eigenvalue weighted by atomic mass is 32.2. The minimum Gasteiger partial charge on any atom is -0.452 e. The number of aromatic nitrogens is 2. The summed E-state index contributed by atoms with van der Waals surface area (Å²) >= 11 is 1.42. The van der Waals surface area contributed by atoms with Gasteiger partial charge < -0.3 is 14.6 Å². The second-order valence-electron chi connectivity index (χ2n) is 9.75. The van der Waals surface area contributed by atoms with E-state index in [1.165, 1.54) is 18.2 Å². The molecule has 7 nitrogen and oxygen atoms in total. The maximum Gasteiger partial charge on any atom is 0.341 e. The molecule has 0 aliphatic heterocycles. The molecule has 172 valence electrons. The average Bonchev–Trinajstić information content (AvgIpc) is 3.27. The number of hydrogen-bond acceptors (Lipinski definition) is 7. The van der Waals surface area contributed by atoms with E-state index in [4.69, 9.17) is 9.26 Å². The van der Waals surface area contributed by atoms with Gasteiger partial charge in [0.25, 0.3) is 5.91 Å². The van der Waals surface area contributed by atoms with Crippen molar-refractivity contribution < 1.29 is 18.8 Å². The summed E-state index contributed by atoms with van der Waals surface area (Å²) in [7, 11) is 0. The summed E-state index contributed by atoms with van der Waals surface area (Å²) in [5.41, 5.74) is 2.46. The summed E-state index contributed by atoms with van der Waals surface area (Å²) < 4.78 is 10.6. The van der Waals surface area contributed by atoms with Crippen molar-refractivity contribution in [3.05, 3.63) is 40.9 Å². The van der Waals surface area contributed by atoms with Crippen LogP contribution in [0.25, 0.3) is 0 Å². The molecule has 2 bridgehead atoms. The lowest BCUT2D eigenvalue weighted by molar-refractivity contribution is -0.126. The molecule has 32 heavy (non-hydrogen) atoms. The molecule has 0 saturated heterocycles. The number of carbonyl (C=O) groups is 2. The van der Waals surface area contributed by atoms with Crippen molar-refractivity contribution in [1.29, 1.82) is 0 Å². The standard InChI is InChI=1S/C24H31N3O4S/c1-14-18(15(2)31-27-14)13-32-21-17(7-6-10-25-21)22(29)30-12-20(28)26-19-11-16-8-9-24(19,5)23(16,3)4/h6-7,10,16,19H,8-9,11-13H2,1-5H3,(H,26,28). The molecule has 2 fully saturated rings. The Bertz CT molecular complexity index is 1010. The van der Waals surface area contributed by atoms with Crippen LogP contribution in [0.3, 0.4) is 0 Å². The number of amides is 1. The Balaban J connectivity index is 1.34. The van der Waals surface area contributed by atoms with Crippen molar-refractivity contribution in [3.63, 3.8) is 0 Å². The van der Waals surface area contributed by atoms with Gasteiger partial charge in [0.05, 0.1) is 11.3 Å². The molecule has 3 unspecified atom stereocenters. The second-order valence-corrected chi connectivity index (χ2v) is 10.7. The van der Waals surface area contributed by atoms with E-state index in [1.807, 2.05) is 13.8 Å². The smallest absolute Gasteiger partial charge is 0.341 e. The first-order valence-electron chi connectivity index (χ1n) is 11.1. The van der Waals surface area contributed by atoms with Gasteiger partial charge in [0.2, 0.25) is 0 Å². The van der Waals surface area contributed by atoms with Gasteiger partial charge in [-0.05, 0) is 62.0 Å². The summed E-state index contributed by atoms with van der Waals surface area (Å²) in [6.45, 7) is 10.3.